The van der Waals surface area contributed by atoms with E-state index in [1.54, 1.807) is 0 Å². The summed E-state index contributed by atoms with van der Waals surface area (Å²) in [6, 6.07) is -0.792. The number of nitrogens with zero attached hydrogens (tertiary/aromatic N) is 1. The molecule has 55 heavy (non-hydrogen) atoms. The Morgan fingerprint density at radius 3 is 1.24 bits per heavy atom. The number of likely N-dealkylation sites (N-methyl/N-ethyl adjacent to an activating group) is 1. The maximum atomic E-state index is 12.9. The number of aliphatic hydroxyl groups is 1. The van der Waals surface area contributed by atoms with Gasteiger partial charge in [-0.3, -0.25) is 9.36 Å². The van der Waals surface area contributed by atoms with Gasteiger partial charge in [0.25, 0.3) is 7.82 Å². The van der Waals surface area contributed by atoms with E-state index < -0.39 is 20.0 Å². The summed E-state index contributed by atoms with van der Waals surface area (Å²) in [4.78, 5) is 25.4. The second kappa shape index (κ2) is 39.0. The SMILES string of the molecule is CCCCCCCCCCCCCCCCCCCCCCC(=O)N[C@@H](COP(=O)([O-])OCC[N+](C)(C)C)[C@H](O)CCCCCCCCCCCCCCC. The quantitative estimate of drug-likeness (QED) is 0.0361. The lowest BCUT2D eigenvalue weighted by atomic mass is 10.0. The number of quaternary nitrogens is 1. The van der Waals surface area contributed by atoms with Crippen molar-refractivity contribution in [2.45, 2.75) is 251 Å². The van der Waals surface area contributed by atoms with Crippen LogP contribution in [0.4, 0.5) is 0 Å². The Kier molecular flexibility index (Phi) is 38.6. The second-order valence-corrected chi connectivity index (χ2v) is 19.2. The molecule has 2 N–H and O–H groups in total. The molecule has 330 valence electrons. The summed E-state index contributed by atoms with van der Waals surface area (Å²) in [6.45, 7) is 4.74. The van der Waals surface area contributed by atoms with Gasteiger partial charge in [0.1, 0.15) is 13.2 Å². The Morgan fingerprint density at radius 2 is 0.891 bits per heavy atom. The number of phosphoric acid groups is 1. The van der Waals surface area contributed by atoms with Crippen LogP contribution in [0.15, 0.2) is 0 Å². The third-order valence-electron chi connectivity index (χ3n) is 11.1. The van der Waals surface area contributed by atoms with E-state index >= 15 is 0 Å². The van der Waals surface area contributed by atoms with Gasteiger partial charge in [-0.05, 0) is 12.8 Å². The molecule has 0 aromatic carbocycles. The predicted molar refractivity (Wildman–Crippen MR) is 233 cm³/mol. The monoisotopic (exact) mass is 803 g/mol. The number of phosphoric ester groups is 1. The lowest BCUT2D eigenvalue weighted by molar-refractivity contribution is -0.870. The fourth-order valence-electron chi connectivity index (χ4n) is 7.28. The van der Waals surface area contributed by atoms with Crippen LogP contribution in [0.5, 0.6) is 0 Å². The van der Waals surface area contributed by atoms with Crippen LogP contribution in [0, 0.1) is 0 Å². The van der Waals surface area contributed by atoms with Crippen LogP contribution in [0.3, 0.4) is 0 Å². The molecule has 0 aliphatic heterocycles. The van der Waals surface area contributed by atoms with Crippen LogP contribution in [0.1, 0.15) is 239 Å². The highest BCUT2D eigenvalue weighted by atomic mass is 31.2. The molecule has 0 heterocycles. The number of unbranched alkanes of at least 4 members (excludes halogenated alkanes) is 31. The van der Waals surface area contributed by atoms with Gasteiger partial charge < -0.3 is 28.8 Å². The molecule has 0 aliphatic carbocycles. The van der Waals surface area contributed by atoms with Gasteiger partial charge >= 0.3 is 0 Å². The molecule has 0 aliphatic rings. The van der Waals surface area contributed by atoms with Crippen molar-refractivity contribution < 1.29 is 32.9 Å². The Bertz CT molecular complexity index is 870. The Balaban J connectivity index is 4.23. The Hall–Kier alpha value is -0.500. The zero-order valence-electron chi connectivity index (χ0n) is 37.4. The first-order chi connectivity index (χ1) is 26.5. The molecule has 0 bridgehead atoms. The average Bonchev–Trinajstić information content (AvgIpc) is 3.13. The maximum Gasteiger partial charge on any atom is 0.268 e. The number of hydrogen-bond acceptors (Lipinski definition) is 6. The molecule has 0 radical (unpaired) electrons. The molecule has 0 spiro atoms. The van der Waals surface area contributed by atoms with E-state index in [1.807, 2.05) is 21.1 Å². The fraction of sp³-hybridized carbons (Fsp3) is 0.978. The fourth-order valence-corrected chi connectivity index (χ4v) is 8.00. The van der Waals surface area contributed by atoms with Crippen LogP contribution in [0.2, 0.25) is 0 Å². The molecule has 0 aromatic heterocycles. The molecule has 3 atom stereocenters. The number of hydrogen-bond donors (Lipinski definition) is 2. The van der Waals surface area contributed by atoms with Gasteiger partial charge in [-0.15, -0.1) is 0 Å². The van der Waals surface area contributed by atoms with Crippen molar-refractivity contribution in [3.63, 3.8) is 0 Å². The topological polar surface area (TPSA) is 108 Å². The predicted octanol–water partition coefficient (Wildman–Crippen LogP) is 12.7. The highest BCUT2D eigenvalue weighted by molar-refractivity contribution is 7.45. The average molecular weight is 803 g/mol. The summed E-state index contributed by atoms with van der Waals surface area (Å²) >= 11 is 0. The summed E-state index contributed by atoms with van der Waals surface area (Å²) in [6.07, 6.45) is 42.5. The smallest absolute Gasteiger partial charge is 0.268 e. The van der Waals surface area contributed by atoms with Crippen molar-refractivity contribution in [2.75, 3.05) is 40.9 Å². The zero-order valence-corrected chi connectivity index (χ0v) is 38.3. The molecule has 8 nitrogen and oxygen atoms in total. The van der Waals surface area contributed by atoms with Crippen LogP contribution < -0.4 is 10.2 Å². The van der Waals surface area contributed by atoms with Crippen LogP contribution in [-0.2, 0) is 18.4 Å². The summed E-state index contributed by atoms with van der Waals surface area (Å²) in [7, 11) is 1.32. The molecule has 0 saturated carbocycles. The second-order valence-electron chi connectivity index (χ2n) is 17.8. The third-order valence-corrected chi connectivity index (χ3v) is 12.1. The summed E-state index contributed by atoms with van der Waals surface area (Å²) in [5.74, 6) is -0.160. The minimum atomic E-state index is -4.56. The van der Waals surface area contributed by atoms with E-state index in [4.69, 9.17) is 9.05 Å². The van der Waals surface area contributed by atoms with Crippen molar-refractivity contribution in [2.24, 2.45) is 0 Å². The molecule has 9 heteroatoms. The van der Waals surface area contributed by atoms with Crippen LogP contribution in [0.25, 0.3) is 0 Å². The third kappa shape index (κ3) is 41.5. The van der Waals surface area contributed by atoms with Crippen molar-refractivity contribution in [3.8, 4) is 0 Å². The zero-order chi connectivity index (χ0) is 40.7. The van der Waals surface area contributed by atoms with Crippen LogP contribution in [-0.4, -0.2) is 68.5 Å². The lowest BCUT2D eigenvalue weighted by Gasteiger charge is -2.30. The van der Waals surface area contributed by atoms with E-state index in [0.29, 0.717) is 23.9 Å². The molecule has 0 saturated heterocycles. The van der Waals surface area contributed by atoms with Gasteiger partial charge in [0, 0.05) is 6.42 Å². The van der Waals surface area contributed by atoms with E-state index in [9.17, 15) is 19.4 Å². The first-order valence-electron chi connectivity index (χ1n) is 23.9. The van der Waals surface area contributed by atoms with Crippen molar-refractivity contribution in [1.29, 1.82) is 0 Å². The largest absolute Gasteiger partial charge is 0.756 e. The highest BCUT2D eigenvalue weighted by Gasteiger charge is 2.24. The Labute approximate surface area is 342 Å². The van der Waals surface area contributed by atoms with Gasteiger partial charge in [0.05, 0.1) is 39.9 Å². The number of amides is 1. The van der Waals surface area contributed by atoms with Gasteiger partial charge in [-0.1, -0.05) is 219 Å². The summed E-state index contributed by atoms with van der Waals surface area (Å²) in [5, 5.41) is 13.9. The van der Waals surface area contributed by atoms with Gasteiger partial charge in [0.15, 0.2) is 0 Å². The summed E-state index contributed by atoms with van der Waals surface area (Å²) < 4.78 is 23.3. The molecule has 1 amide bonds. The van der Waals surface area contributed by atoms with E-state index in [1.165, 1.54) is 173 Å². The molecule has 0 fully saturated rings. The van der Waals surface area contributed by atoms with E-state index in [2.05, 4.69) is 19.2 Å². The molecular formula is C46H95N2O6P. The minimum absolute atomic E-state index is 0.0161. The van der Waals surface area contributed by atoms with Crippen molar-refractivity contribution in [1.82, 2.24) is 5.32 Å². The number of carbonyl (C=O) groups is 1. The minimum Gasteiger partial charge on any atom is -0.756 e. The van der Waals surface area contributed by atoms with Crippen molar-refractivity contribution >= 4 is 13.7 Å². The number of nitrogens with one attached hydrogen (secondary N) is 1. The van der Waals surface area contributed by atoms with E-state index in [0.717, 1.165) is 38.5 Å². The van der Waals surface area contributed by atoms with Gasteiger partial charge in [-0.2, -0.15) is 0 Å². The molecule has 0 aromatic rings. The maximum absolute atomic E-state index is 12.9. The highest BCUT2D eigenvalue weighted by Crippen LogP contribution is 2.38. The Morgan fingerprint density at radius 1 is 0.564 bits per heavy atom. The summed E-state index contributed by atoms with van der Waals surface area (Å²) in [5.41, 5.74) is 0. The number of rotatable bonds is 44. The first kappa shape index (κ1) is 54.5. The standard InChI is InChI=1S/C46H95N2O6P/c1-6-8-10-12-14-16-18-20-21-22-23-24-25-26-28-30-32-34-36-38-40-46(50)47-44(43-54-55(51,52)53-42-41-48(3,4)5)45(49)39-37-35-33-31-29-27-19-17-15-13-11-9-7-2/h44-45,49H,6-43H2,1-5H3,(H-,47,50,51,52)/t44-,45+/m0/s1. The number of carbonyl (C=O) groups excluding carboxylic acids is 1. The van der Waals surface area contributed by atoms with E-state index in [-0.39, 0.29) is 19.1 Å². The van der Waals surface area contributed by atoms with Gasteiger partial charge in [0.2, 0.25) is 5.91 Å². The van der Waals surface area contributed by atoms with Crippen molar-refractivity contribution in [3.05, 3.63) is 0 Å². The van der Waals surface area contributed by atoms with Gasteiger partial charge in [-0.25, -0.2) is 0 Å². The van der Waals surface area contributed by atoms with Crippen LogP contribution >= 0.6 is 7.82 Å². The number of aliphatic hydroxyl groups excluding tert-OH is 1. The first-order valence-corrected chi connectivity index (χ1v) is 25.3. The normalized spacial score (nSPS) is 14.2. The molecule has 1 unspecified atom stereocenters. The molecule has 0 rings (SSSR count). The lowest BCUT2D eigenvalue weighted by Crippen LogP contribution is -2.46. The molecular weight excluding hydrogens is 707 g/mol.